The molecule has 1 aromatic carbocycles. The molecule has 3 aliphatic rings. The van der Waals surface area contributed by atoms with Gasteiger partial charge in [-0.3, -0.25) is 4.79 Å². The summed E-state index contributed by atoms with van der Waals surface area (Å²) in [5, 5.41) is 0. The Labute approximate surface area is 222 Å². The second kappa shape index (κ2) is 9.15. The summed E-state index contributed by atoms with van der Waals surface area (Å²) in [5.41, 5.74) is 5.31. The monoisotopic (exact) mass is 535 g/mol. The number of ether oxygens (including phenoxy) is 1. The van der Waals surface area contributed by atoms with Crippen LogP contribution in [-0.4, -0.2) is 49.3 Å². The minimum absolute atomic E-state index is 0.0501. The van der Waals surface area contributed by atoms with Crippen LogP contribution < -0.4 is 9.64 Å². The quantitative estimate of drug-likeness (QED) is 0.429. The molecule has 38 heavy (non-hydrogen) atoms. The third kappa shape index (κ3) is 4.68. The first-order valence-electron chi connectivity index (χ1n) is 12.9. The molecule has 1 aliphatic heterocycles. The van der Waals surface area contributed by atoms with Gasteiger partial charge in [-0.15, -0.1) is 0 Å². The van der Waals surface area contributed by atoms with E-state index in [-0.39, 0.29) is 35.8 Å². The molecule has 2 fully saturated rings. The fraction of sp³-hybridized carbons (Fsp3) is 0.414. The smallest absolute Gasteiger partial charge is 0.213 e. The number of benzene rings is 1. The van der Waals surface area contributed by atoms with Gasteiger partial charge in [0.15, 0.2) is 0 Å². The molecule has 0 bridgehead atoms. The molecule has 198 valence electrons. The summed E-state index contributed by atoms with van der Waals surface area (Å²) in [6.07, 6.45) is 3.94. The van der Waals surface area contributed by atoms with E-state index >= 15 is 0 Å². The first-order valence-corrected chi connectivity index (χ1v) is 14.9. The van der Waals surface area contributed by atoms with Crippen LogP contribution in [0, 0.1) is 30.5 Å². The van der Waals surface area contributed by atoms with Crippen molar-refractivity contribution in [2.24, 2.45) is 17.8 Å². The highest BCUT2D eigenvalue weighted by atomic mass is 32.2. The van der Waals surface area contributed by atoms with E-state index in [2.05, 4.69) is 9.88 Å². The molecule has 0 N–H and O–H groups in total. The van der Waals surface area contributed by atoms with E-state index in [1.807, 2.05) is 31.3 Å². The van der Waals surface area contributed by atoms with Crippen molar-refractivity contribution in [3.63, 3.8) is 0 Å². The summed E-state index contributed by atoms with van der Waals surface area (Å²) in [7, 11) is -2.98. The molecule has 7 nitrogen and oxygen atoms in total. The summed E-state index contributed by atoms with van der Waals surface area (Å²) in [6.45, 7) is 4.97. The average Bonchev–Trinajstić information content (AvgIpc) is 3.42. The van der Waals surface area contributed by atoms with Crippen LogP contribution in [0.25, 0.3) is 11.1 Å². The van der Waals surface area contributed by atoms with Crippen LogP contribution in [0.5, 0.6) is 5.88 Å². The molecule has 1 saturated heterocycles. The largest absolute Gasteiger partial charge is 0.473 e. The molecule has 0 amide bonds. The Bertz CT molecular complexity index is 1550. The van der Waals surface area contributed by atoms with Gasteiger partial charge in [0.25, 0.3) is 0 Å². The molecule has 0 spiro atoms. The Morgan fingerprint density at radius 1 is 1.18 bits per heavy atom. The summed E-state index contributed by atoms with van der Waals surface area (Å²) >= 11 is 0. The minimum Gasteiger partial charge on any atom is -0.473 e. The topological polar surface area (TPSA) is 89.5 Å². The molecule has 0 unspecified atom stereocenters. The lowest BCUT2D eigenvalue weighted by atomic mass is 10.00. The van der Waals surface area contributed by atoms with Crippen LogP contribution in [0.15, 0.2) is 42.6 Å². The van der Waals surface area contributed by atoms with E-state index in [1.54, 1.807) is 19.1 Å². The van der Waals surface area contributed by atoms with Crippen molar-refractivity contribution in [2.75, 3.05) is 30.0 Å². The predicted octanol–water partition coefficient (Wildman–Crippen LogP) is 4.13. The third-order valence-electron chi connectivity index (χ3n) is 8.08. The van der Waals surface area contributed by atoms with Crippen LogP contribution in [0.1, 0.15) is 35.2 Å². The highest BCUT2D eigenvalue weighted by Gasteiger charge is 2.58. The summed E-state index contributed by atoms with van der Waals surface area (Å²) < 4.78 is 43.6. The molecule has 9 heteroatoms. The van der Waals surface area contributed by atoms with Crippen molar-refractivity contribution in [3.05, 3.63) is 70.8 Å². The number of aryl methyl sites for hydroxylation is 1. The number of hydrogen-bond acceptors (Lipinski definition) is 7. The Kier molecular flexibility index (Phi) is 6.01. The SMILES string of the molecule is CC(=O)[C@H]1[C@@H]2Cc3cc(OCc4cc(-c5ccc(N6CC(CS(C)(=O)=O)C6)nc5C)ccc4F)ncc3[C@@H]21. The van der Waals surface area contributed by atoms with Crippen LogP contribution in [0.2, 0.25) is 0 Å². The maximum Gasteiger partial charge on any atom is 0.213 e. The molecule has 1 saturated carbocycles. The fourth-order valence-electron chi connectivity index (χ4n) is 6.23. The van der Waals surface area contributed by atoms with Crippen LogP contribution in [0.3, 0.4) is 0 Å². The van der Waals surface area contributed by atoms with E-state index < -0.39 is 9.84 Å². The van der Waals surface area contributed by atoms with Crippen LogP contribution in [0.4, 0.5) is 10.2 Å². The van der Waals surface area contributed by atoms with E-state index in [9.17, 15) is 17.6 Å². The van der Waals surface area contributed by atoms with Gasteiger partial charge in [-0.05, 0) is 73.1 Å². The van der Waals surface area contributed by atoms with E-state index in [4.69, 9.17) is 9.72 Å². The number of anilines is 1. The number of rotatable bonds is 8. The van der Waals surface area contributed by atoms with Crippen molar-refractivity contribution in [2.45, 2.75) is 32.8 Å². The molecule has 2 aliphatic carbocycles. The lowest BCUT2D eigenvalue weighted by molar-refractivity contribution is -0.118. The maximum atomic E-state index is 14.7. The Balaban J connectivity index is 1.12. The second-order valence-corrected chi connectivity index (χ2v) is 13.2. The third-order valence-corrected chi connectivity index (χ3v) is 9.15. The highest BCUT2D eigenvalue weighted by Crippen LogP contribution is 2.61. The van der Waals surface area contributed by atoms with E-state index in [1.165, 1.54) is 17.9 Å². The highest BCUT2D eigenvalue weighted by molar-refractivity contribution is 7.90. The van der Waals surface area contributed by atoms with Gasteiger partial charge in [-0.2, -0.15) is 0 Å². The van der Waals surface area contributed by atoms with Gasteiger partial charge < -0.3 is 9.64 Å². The van der Waals surface area contributed by atoms with Crippen molar-refractivity contribution in [1.29, 1.82) is 0 Å². The van der Waals surface area contributed by atoms with Gasteiger partial charge in [-0.1, -0.05) is 6.07 Å². The summed E-state index contributed by atoms with van der Waals surface area (Å²) in [4.78, 5) is 23.0. The number of carbonyl (C=O) groups excluding carboxylic acids is 1. The summed E-state index contributed by atoms with van der Waals surface area (Å²) in [6, 6.07) is 10.8. The Hall–Kier alpha value is -3.33. The first kappa shape index (κ1) is 25.0. The molecule has 3 heterocycles. The van der Waals surface area contributed by atoms with Gasteiger partial charge in [0.2, 0.25) is 5.88 Å². The lowest BCUT2D eigenvalue weighted by Crippen LogP contribution is -2.49. The standard InChI is InChI=1S/C29H30FN3O4S/c1-16-22(5-7-26(32-16)33-12-18(13-33)15-38(3,35)36)19-4-6-25(30)21(8-19)14-37-27-10-20-9-23-28(17(2)34)29(23)24(20)11-31-27/h4-8,10-11,18,23,28-29H,9,12-15H2,1-3H3/t23-,28-,29+/m0/s1. The molecular weight excluding hydrogens is 505 g/mol. The number of ketones is 1. The lowest BCUT2D eigenvalue weighted by Gasteiger charge is -2.40. The van der Waals surface area contributed by atoms with Gasteiger partial charge in [-0.25, -0.2) is 22.8 Å². The fourth-order valence-corrected chi connectivity index (χ4v) is 7.29. The zero-order chi connectivity index (χ0) is 26.8. The van der Waals surface area contributed by atoms with Crippen molar-refractivity contribution < 1.29 is 22.3 Å². The molecule has 3 aromatic rings. The Morgan fingerprint density at radius 3 is 2.68 bits per heavy atom. The number of fused-ring (bicyclic) bond motifs is 3. The number of pyridine rings is 2. The number of Topliss-reactive ketones (excluding diaryl/α,β-unsaturated/α-hetero) is 1. The molecule has 0 radical (unpaired) electrons. The van der Waals surface area contributed by atoms with Crippen LogP contribution >= 0.6 is 0 Å². The molecular formula is C29H30FN3O4S. The zero-order valence-corrected chi connectivity index (χ0v) is 22.5. The van der Waals surface area contributed by atoms with Crippen molar-refractivity contribution >= 4 is 21.4 Å². The summed E-state index contributed by atoms with van der Waals surface area (Å²) in [5.74, 6) is 2.35. The van der Waals surface area contributed by atoms with Crippen LogP contribution in [-0.2, 0) is 27.7 Å². The maximum absolute atomic E-state index is 14.7. The number of nitrogens with zero attached hydrogens (tertiary/aromatic N) is 3. The Morgan fingerprint density at radius 2 is 1.97 bits per heavy atom. The van der Waals surface area contributed by atoms with Gasteiger partial charge in [0.05, 0.1) is 5.75 Å². The van der Waals surface area contributed by atoms with E-state index in [0.29, 0.717) is 36.4 Å². The second-order valence-electron chi connectivity index (χ2n) is 11.0. The predicted molar refractivity (Wildman–Crippen MR) is 142 cm³/mol. The number of aromatic nitrogens is 2. The minimum atomic E-state index is -2.98. The average molecular weight is 536 g/mol. The van der Waals surface area contributed by atoms with Crippen molar-refractivity contribution in [3.8, 4) is 17.0 Å². The number of carbonyl (C=O) groups is 1. The van der Waals surface area contributed by atoms with Crippen molar-refractivity contribution in [1.82, 2.24) is 9.97 Å². The van der Waals surface area contributed by atoms with E-state index in [0.717, 1.165) is 34.6 Å². The van der Waals surface area contributed by atoms with Gasteiger partial charge >= 0.3 is 0 Å². The van der Waals surface area contributed by atoms with Gasteiger partial charge in [0.1, 0.15) is 33.9 Å². The van der Waals surface area contributed by atoms with Gasteiger partial charge in [0, 0.05) is 60.3 Å². The number of sulfone groups is 1. The zero-order valence-electron chi connectivity index (χ0n) is 21.6. The first-order chi connectivity index (χ1) is 18.1. The molecule has 6 rings (SSSR count). The number of hydrogen-bond donors (Lipinski definition) is 0. The molecule has 3 atom stereocenters. The molecule has 2 aromatic heterocycles. The normalized spacial score (nSPS) is 22.0. The number of halogens is 1.